The number of aromatic amines is 1. The first kappa shape index (κ1) is 9.65. The molecule has 0 bridgehead atoms. The maximum absolute atomic E-state index is 12.7. The van der Waals surface area contributed by atoms with Gasteiger partial charge in [-0.05, 0) is 37.3 Å². The van der Waals surface area contributed by atoms with Crippen molar-refractivity contribution in [3.63, 3.8) is 0 Å². The summed E-state index contributed by atoms with van der Waals surface area (Å²) in [5.74, 6) is -0.234. The first-order valence-electron chi connectivity index (χ1n) is 4.73. The Morgan fingerprint density at radius 2 is 2.00 bits per heavy atom. The van der Waals surface area contributed by atoms with Crippen molar-refractivity contribution in [2.24, 2.45) is 0 Å². The van der Waals surface area contributed by atoms with Crippen LogP contribution in [0.4, 0.5) is 4.39 Å². The molecule has 0 atom stereocenters. The topological polar surface area (TPSA) is 28.7 Å². The molecule has 76 valence electrons. The van der Waals surface area contributed by atoms with E-state index in [2.05, 4.69) is 9.97 Å². The van der Waals surface area contributed by atoms with Crippen LogP contribution in [0.3, 0.4) is 0 Å². The minimum absolute atomic E-state index is 0.234. The lowest BCUT2D eigenvalue weighted by atomic mass is 10.1. The molecule has 15 heavy (non-hydrogen) atoms. The van der Waals surface area contributed by atoms with Crippen molar-refractivity contribution in [1.29, 1.82) is 0 Å². The van der Waals surface area contributed by atoms with Crippen LogP contribution in [0.15, 0.2) is 36.7 Å². The average Bonchev–Trinajstić information content (AvgIpc) is 2.68. The summed E-state index contributed by atoms with van der Waals surface area (Å²) in [6, 6.07) is 6.31. The lowest BCUT2D eigenvalue weighted by Gasteiger charge is -1.98. The number of H-pyrrole nitrogens is 1. The fourth-order valence-corrected chi connectivity index (χ4v) is 1.44. The van der Waals surface area contributed by atoms with E-state index in [1.807, 2.05) is 19.1 Å². The van der Waals surface area contributed by atoms with E-state index in [0.29, 0.717) is 0 Å². The Labute approximate surface area is 87.5 Å². The molecule has 2 nitrogen and oxygen atoms in total. The van der Waals surface area contributed by atoms with Crippen molar-refractivity contribution in [1.82, 2.24) is 9.97 Å². The molecular formula is C12H11FN2. The standard InChI is InChI=1S/C12H11FN2/c1-2-3-11-12(15-8-14-11)9-4-6-10(13)7-5-9/h2-8H,1H3,(H,14,15). The van der Waals surface area contributed by atoms with Crippen molar-refractivity contribution in [3.8, 4) is 11.3 Å². The molecule has 0 spiro atoms. The molecule has 0 unspecified atom stereocenters. The highest BCUT2D eigenvalue weighted by molar-refractivity contribution is 5.69. The zero-order chi connectivity index (χ0) is 10.7. The zero-order valence-corrected chi connectivity index (χ0v) is 8.37. The summed E-state index contributed by atoms with van der Waals surface area (Å²) >= 11 is 0. The molecule has 0 aliphatic rings. The quantitative estimate of drug-likeness (QED) is 0.795. The molecular weight excluding hydrogens is 191 g/mol. The van der Waals surface area contributed by atoms with Gasteiger partial charge in [-0.15, -0.1) is 0 Å². The summed E-state index contributed by atoms with van der Waals surface area (Å²) in [4.78, 5) is 7.23. The Kier molecular flexibility index (Phi) is 2.63. The third kappa shape index (κ3) is 1.96. The Morgan fingerprint density at radius 3 is 2.67 bits per heavy atom. The Morgan fingerprint density at radius 1 is 1.27 bits per heavy atom. The van der Waals surface area contributed by atoms with Gasteiger partial charge in [-0.1, -0.05) is 6.08 Å². The third-order valence-electron chi connectivity index (χ3n) is 2.12. The average molecular weight is 202 g/mol. The van der Waals surface area contributed by atoms with Crippen LogP contribution in [0.5, 0.6) is 0 Å². The Balaban J connectivity index is 2.44. The smallest absolute Gasteiger partial charge is 0.123 e. The molecule has 1 aromatic carbocycles. The predicted octanol–water partition coefficient (Wildman–Crippen LogP) is 3.25. The van der Waals surface area contributed by atoms with Crippen molar-refractivity contribution >= 4 is 6.08 Å². The van der Waals surface area contributed by atoms with Gasteiger partial charge in [0.1, 0.15) is 5.82 Å². The van der Waals surface area contributed by atoms with Crippen LogP contribution in [-0.2, 0) is 0 Å². The van der Waals surface area contributed by atoms with Crippen LogP contribution in [-0.4, -0.2) is 9.97 Å². The number of hydrogen-bond acceptors (Lipinski definition) is 1. The summed E-state index contributed by atoms with van der Waals surface area (Å²) in [7, 11) is 0. The zero-order valence-electron chi connectivity index (χ0n) is 8.37. The van der Waals surface area contributed by atoms with Crippen LogP contribution < -0.4 is 0 Å². The molecule has 0 saturated heterocycles. The van der Waals surface area contributed by atoms with E-state index in [9.17, 15) is 4.39 Å². The van der Waals surface area contributed by atoms with E-state index in [1.54, 1.807) is 18.5 Å². The molecule has 0 radical (unpaired) electrons. The van der Waals surface area contributed by atoms with Gasteiger partial charge >= 0.3 is 0 Å². The van der Waals surface area contributed by atoms with Crippen molar-refractivity contribution in [2.75, 3.05) is 0 Å². The van der Waals surface area contributed by atoms with Crippen LogP contribution in [0.2, 0.25) is 0 Å². The predicted molar refractivity (Wildman–Crippen MR) is 58.7 cm³/mol. The second kappa shape index (κ2) is 4.09. The van der Waals surface area contributed by atoms with E-state index in [1.165, 1.54) is 12.1 Å². The number of hydrogen-bond donors (Lipinski definition) is 1. The highest BCUT2D eigenvalue weighted by Crippen LogP contribution is 2.21. The van der Waals surface area contributed by atoms with Gasteiger partial charge in [0.15, 0.2) is 0 Å². The lowest BCUT2D eigenvalue weighted by molar-refractivity contribution is 0.628. The molecule has 0 saturated carbocycles. The van der Waals surface area contributed by atoms with Crippen molar-refractivity contribution in [3.05, 3.63) is 48.2 Å². The molecule has 1 aromatic heterocycles. The third-order valence-corrected chi connectivity index (χ3v) is 2.12. The number of nitrogens with zero attached hydrogens (tertiary/aromatic N) is 1. The second-order valence-electron chi connectivity index (χ2n) is 3.17. The van der Waals surface area contributed by atoms with Gasteiger partial charge in [0.2, 0.25) is 0 Å². The van der Waals surface area contributed by atoms with E-state index in [4.69, 9.17) is 0 Å². The van der Waals surface area contributed by atoms with E-state index in [-0.39, 0.29) is 5.82 Å². The van der Waals surface area contributed by atoms with E-state index < -0.39 is 0 Å². The highest BCUT2D eigenvalue weighted by atomic mass is 19.1. The van der Waals surface area contributed by atoms with Crippen LogP contribution in [0.1, 0.15) is 12.6 Å². The largest absolute Gasteiger partial charge is 0.345 e. The maximum atomic E-state index is 12.7. The fraction of sp³-hybridized carbons (Fsp3) is 0.0833. The monoisotopic (exact) mass is 202 g/mol. The Hall–Kier alpha value is -1.90. The number of halogens is 1. The number of allylic oxidation sites excluding steroid dienone is 1. The van der Waals surface area contributed by atoms with E-state index >= 15 is 0 Å². The lowest BCUT2D eigenvalue weighted by Crippen LogP contribution is -1.82. The van der Waals surface area contributed by atoms with Gasteiger partial charge in [-0.2, -0.15) is 0 Å². The van der Waals surface area contributed by atoms with Gasteiger partial charge in [0, 0.05) is 5.56 Å². The van der Waals surface area contributed by atoms with Gasteiger partial charge in [-0.25, -0.2) is 9.37 Å². The molecule has 0 aliphatic heterocycles. The summed E-state index contributed by atoms with van der Waals surface area (Å²) in [6.45, 7) is 1.94. The highest BCUT2D eigenvalue weighted by Gasteiger charge is 2.05. The molecule has 0 fully saturated rings. The van der Waals surface area contributed by atoms with Gasteiger partial charge in [0.05, 0.1) is 17.7 Å². The molecule has 0 aliphatic carbocycles. The van der Waals surface area contributed by atoms with Gasteiger partial charge in [-0.3, -0.25) is 0 Å². The van der Waals surface area contributed by atoms with Crippen LogP contribution in [0, 0.1) is 5.82 Å². The molecule has 3 heteroatoms. The fourth-order valence-electron chi connectivity index (χ4n) is 1.44. The summed E-state index contributed by atoms with van der Waals surface area (Å²) in [6.07, 6.45) is 5.50. The number of benzene rings is 1. The van der Waals surface area contributed by atoms with Crippen molar-refractivity contribution in [2.45, 2.75) is 6.92 Å². The Bertz CT molecular complexity index is 469. The molecule has 0 amide bonds. The van der Waals surface area contributed by atoms with Gasteiger partial charge in [0.25, 0.3) is 0 Å². The SMILES string of the molecule is CC=Cc1[nH]cnc1-c1ccc(F)cc1. The molecule has 1 heterocycles. The maximum Gasteiger partial charge on any atom is 0.123 e. The minimum Gasteiger partial charge on any atom is -0.345 e. The normalized spacial score (nSPS) is 11.1. The number of nitrogens with one attached hydrogen (secondary N) is 1. The van der Waals surface area contributed by atoms with E-state index in [0.717, 1.165) is 17.0 Å². The number of imidazole rings is 1. The van der Waals surface area contributed by atoms with Crippen molar-refractivity contribution < 1.29 is 4.39 Å². The summed E-state index contributed by atoms with van der Waals surface area (Å²) < 4.78 is 12.7. The first-order chi connectivity index (χ1) is 7.31. The van der Waals surface area contributed by atoms with Crippen LogP contribution >= 0.6 is 0 Å². The molecule has 2 rings (SSSR count). The summed E-state index contributed by atoms with van der Waals surface area (Å²) in [5.41, 5.74) is 2.68. The summed E-state index contributed by atoms with van der Waals surface area (Å²) in [5, 5.41) is 0. The molecule has 1 N–H and O–H groups in total. The van der Waals surface area contributed by atoms with Gasteiger partial charge < -0.3 is 4.98 Å². The minimum atomic E-state index is -0.234. The number of rotatable bonds is 2. The van der Waals surface area contributed by atoms with Crippen LogP contribution in [0.25, 0.3) is 17.3 Å². The first-order valence-corrected chi connectivity index (χ1v) is 4.73. The number of aromatic nitrogens is 2. The second-order valence-corrected chi connectivity index (χ2v) is 3.17. The molecule has 2 aromatic rings.